The summed E-state index contributed by atoms with van der Waals surface area (Å²) in [5, 5.41) is 20.1. The summed E-state index contributed by atoms with van der Waals surface area (Å²) in [6, 6.07) is 10.5. The zero-order chi connectivity index (χ0) is 20.7. The van der Waals surface area contributed by atoms with E-state index in [0.29, 0.717) is 12.5 Å². The number of nitro benzene ring substituents is 1. The molecule has 150 valence electrons. The summed E-state index contributed by atoms with van der Waals surface area (Å²) >= 11 is 0. The number of hydrazone groups is 1. The van der Waals surface area contributed by atoms with Crippen LogP contribution in [0.25, 0.3) is 0 Å². The molecule has 0 atom stereocenters. The topological polar surface area (TPSA) is 137 Å². The van der Waals surface area contributed by atoms with Gasteiger partial charge in [0.25, 0.3) is 5.69 Å². The van der Waals surface area contributed by atoms with Gasteiger partial charge in [-0.3, -0.25) is 15.5 Å². The number of rotatable bonds is 9. The maximum absolute atomic E-state index is 11.3. The molecule has 2 aromatic carbocycles. The average molecular weight is 406 g/mol. The first-order chi connectivity index (χ1) is 13.2. The van der Waals surface area contributed by atoms with Gasteiger partial charge in [0.15, 0.2) is 0 Å². The molecule has 9 nitrogen and oxygen atoms in total. The highest BCUT2D eigenvalue weighted by Gasteiger charge is 2.18. The highest BCUT2D eigenvalue weighted by molar-refractivity contribution is 7.89. The van der Waals surface area contributed by atoms with Gasteiger partial charge in [0.1, 0.15) is 11.4 Å². The number of primary sulfonamides is 1. The molecule has 2 rings (SSSR count). The van der Waals surface area contributed by atoms with Crippen molar-refractivity contribution >= 4 is 27.6 Å². The lowest BCUT2D eigenvalue weighted by Gasteiger charge is -2.08. The minimum absolute atomic E-state index is 0.0438. The molecule has 0 aromatic heterocycles. The lowest BCUT2D eigenvalue weighted by Crippen LogP contribution is -2.12. The molecular weight excluding hydrogens is 384 g/mol. The summed E-state index contributed by atoms with van der Waals surface area (Å²) < 4.78 is 28.3. The van der Waals surface area contributed by atoms with Crippen molar-refractivity contribution in [1.82, 2.24) is 0 Å². The van der Waals surface area contributed by atoms with Crippen molar-refractivity contribution < 1.29 is 18.1 Å². The van der Waals surface area contributed by atoms with Gasteiger partial charge in [-0.1, -0.05) is 13.8 Å². The number of nitro groups is 1. The summed E-state index contributed by atoms with van der Waals surface area (Å²) in [6.45, 7) is 4.90. The van der Waals surface area contributed by atoms with E-state index in [1.165, 1.54) is 18.3 Å². The molecule has 0 radical (unpaired) electrons. The van der Waals surface area contributed by atoms with Gasteiger partial charge < -0.3 is 4.74 Å². The Hall–Kier alpha value is -2.98. The molecule has 10 heteroatoms. The first-order valence-electron chi connectivity index (χ1n) is 8.50. The summed E-state index contributed by atoms with van der Waals surface area (Å²) in [6.07, 6.45) is 2.45. The van der Waals surface area contributed by atoms with Crippen molar-refractivity contribution in [2.24, 2.45) is 16.2 Å². The fourth-order valence-electron chi connectivity index (χ4n) is 2.17. The molecule has 0 amide bonds. The number of nitrogens with two attached hydrogens (primary N) is 1. The van der Waals surface area contributed by atoms with Crippen molar-refractivity contribution in [3.8, 4) is 5.75 Å². The molecule has 0 aliphatic heterocycles. The Bertz CT molecular complexity index is 956. The number of sulfonamides is 1. The average Bonchev–Trinajstić information content (AvgIpc) is 2.62. The minimum atomic E-state index is -4.04. The largest absolute Gasteiger partial charge is 0.494 e. The van der Waals surface area contributed by atoms with E-state index in [2.05, 4.69) is 24.4 Å². The van der Waals surface area contributed by atoms with E-state index in [1.807, 2.05) is 12.1 Å². The summed E-state index contributed by atoms with van der Waals surface area (Å²) in [7, 11) is -4.04. The second-order valence-corrected chi connectivity index (χ2v) is 8.01. The Morgan fingerprint density at radius 3 is 2.50 bits per heavy atom. The van der Waals surface area contributed by atoms with Gasteiger partial charge >= 0.3 is 0 Å². The normalized spacial score (nSPS) is 11.7. The van der Waals surface area contributed by atoms with E-state index in [1.54, 1.807) is 12.1 Å². The van der Waals surface area contributed by atoms with Gasteiger partial charge in [0, 0.05) is 6.07 Å². The second kappa shape index (κ2) is 9.29. The minimum Gasteiger partial charge on any atom is -0.494 e. The molecule has 0 aliphatic carbocycles. The lowest BCUT2D eigenvalue weighted by atomic mass is 10.1. The van der Waals surface area contributed by atoms with Crippen LogP contribution in [0, 0.1) is 16.0 Å². The second-order valence-electron chi connectivity index (χ2n) is 6.45. The van der Waals surface area contributed by atoms with Crippen LogP contribution >= 0.6 is 0 Å². The smallest absolute Gasteiger partial charge is 0.295 e. The number of anilines is 1. The zero-order valence-corrected chi connectivity index (χ0v) is 16.3. The monoisotopic (exact) mass is 406 g/mol. The van der Waals surface area contributed by atoms with Crippen LogP contribution in [0.5, 0.6) is 5.75 Å². The molecule has 0 bridgehead atoms. The predicted molar refractivity (Wildman–Crippen MR) is 107 cm³/mol. The van der Waals surface area contributed by atoms with Crippen LogP contribution in [0.3, 0.4) is 0 Å². The number of benzene rings is 2. The standard InChI is InChI=1S/C18H22N4O5S/c1-13(2)9-10-27-15-5-3-14(4-6-15)12-20-21-17-8-7-16(28(19,25)26)11-18(17)22(23)24/h3-8,11-13,21H,9-10H2,1-2H3,(H2,19,25,26). The van der Waals surface area contributed by atoms with E-state index in [9.17, 15) is 18.5 Å². The molecule has 0 saturated carbocycles. The van der Waals surface area contributed by atoms with Crippen molar-refractivity contribution in [1.29, 1.82) is 0 Å². The molecule has 28 heavy (non-hydrogen) atoms. The van der Waals surface area contributed by atoms with E-state index in [-0.39, 0.29) is 10.6 Å². The molecule has 0 unspecified atom stereocenters. The summed E-state index contributed by atoms with van der Waals surface area (Å²) in [4.78, 5) is 10.1. The molecular formula is C18H22N4O5S. The van der Waals surface area contributed by atoms with Crippen LogP contribution in [0.1, 0.15) is 25.8 Å². The predicted octanol–water partition coefficient (Wildman–Crippen LogP) is 3.11. The maximum atomic E-state index is 11.3. The molecule has 0 spiro atoms. The maximum Gasteiger partial charge on any atom is 0.295 e. The van der Waals surface area contributed by atoms with E-state index in [0.717, 1.165) is 23.8 Å². The lowest BCUT2D eigenvalue weighted by molar-refractivity contribution is -0.384. The highest BCUT2D eigenvalue weighted by atomic mass is 32.2. The zero-order valence-electron chi connectivity index (χ0n) is 15.5. The first kappa shape index (κ1) is 21.3. The van der Waals surface area contributed by atoms with Crippen LogP contribution in [-0.4, -0.2) is 26.2 Å². The molecule has 0 heterocycles. The fourth-order valence-corrected chi connectivity index (χ4v) is 2.71. The van der Waals surface area contributed by atoms with E-state index < -0.39 is 20.6 Å². The van der Waals surface area contributed by atoms with Crippen LogP contribution in [0.4, 0.5) is 11.4 Å². The van der Waals surface area contributed by atoms with Gasteiger partial charge in [-0.2, -0.15) is 5.10 Å². The van der Waals surface area contributed by atoms with Crippen LogP contribution < -0.4 is 15.3 Å². The number of hydrogen-bond acceptors (Lipinski definition) is 7. The van der Waals surface area contributed by atoms with Crippen molar-refractivity contribution in [2.75, 3.05) is 12.0 Å². The number of nitrogens with one attached hydrogen (secondary N) is 1. The summed E-state index contributed by atoms with van der Waals surface area (Å²) in [5.41, 5.74) is 2.90. The number of nitrogens with zero attached hydrogens (tertiary/aromatic N) is 2. The molecule has 0 fully saturated rings. The Morgan fingerprint density at radius 2 is 1.93 bits per heavy atom. The van der Waals surface area contributed by atoms with Crippen LogP contribution in [0.15, 0.2) is 52.5 Å². The Kier molecular flexibility index (Phi) is 7.07. The van der Waals surface area contributed by atoms with Gasteiger partial charge in [-0.25, -0.2) is 13.6 Å². The summed E-state index contributed by atoms with van der Waals surface area (Å²) in [5.74, 6) is 1.32. The first-order valence-corrected chi connectivity index (χ1v) is 10.0. The third-order valence-electron chi connectivity index (χ3n) is 3.74. The quantitative estimate of drug-likeness (QED) is 0.373. The van der Waals surface area contributed by atoms with Gasteiger partial charge in [-0.05, 0) is 54.3 Å². The van der Waals surface area contributed by atoms with Gasteiger partial charge in [0.05, 0.1) is 22.6 Å². The Labute approximate surface area is 163 Å². The third-order valence-corrected chi connectivity index (χ3v) is 4.65. The van der Waals surface area contributed by atoms with E-state index in [4.69, 9.17) is 9.88 Å². The van der Waals surface area contributed by atoms with Crippen molar-refractivity contribution in [2.45, 2.75) is 25.2 Å². The Morgan fingerprint density at radius 1 is 1.25 bits per heavy atom. The number of ether oxygens (including phenoxy) is 1. The third kappa shape index (κ3) is 6.32. The van der Waals surface area contributed by atoms with Gasteiger partial charge in [0.2, 0.25) is 10.0 Å². The van der Waals surface area contributed by atoms with Crippen LogP contribution in [-0.2, 0) is 10.0 Å². The molecule has 0 aliphatic rings. The highest BCUT2D eigenvalue weighted by Crippen LogP contribution is 2.27. The number of hydrogen-bond donors (Lipinski definition) is 2. The molecule has 3 N–H and O–H groups in total. The van der Waals surface area contributed by atoms with Crippen LogP contribution in [0.2, 0.25) is 0 Å². The van der Waals surface area contributed by atoms with E-state index >= 15 is 0 Å². The fraction of sp³-hybridized carbons (Fsp3) is 0.278. The van der Waals surface area contributed by atoms with Crippen molar-refractivity contribution in [3.63, 3.8) is 0 Å². The van der Waals surface area contributed by atoms with Gasteiger partial charge in [-0.15, -0.1) is 0 Å². The molecule has 2 aromatic rings. The van der Waals surface area contributed by atoms with Crippen molar-refractivity contribution in [3.05, 3.63) is 58.1 Å². The molecule has 0 saturated heterocycles. The SMILES string of the molecule is CC(C)CCOc1ccc(C=NNc2ccc(S(N)(=O)=O)cc2[N+](=O)[O-])cc1. The Balaban J connectivity index is 2.05.